The molecule has 2 amide bonds. The number of carbonyl (C=O) groups is 2. The second kappa shape index (κ2) is 11.1. The van der Waals surface area contributed by atoms with Gasteiger partial charge in [0.05, 0.1) is 6.04 Å². The molecule has 0 spiro atoms. The Kier molecular flexibility index (Phi) is 8.78. The molecular formula is C20H26ClN3O2S. The maximum absolute atomic E-state index is 12.2. The average Bonchev–Trinajstić information content (AvgIpc) is 3.21. The highest BCUT2D eigenvalue weighted by Crippen LogP contribution is 2.26. The van der Waals surface area contributed by atoms with E-state index in [1.807, 2.05) is 29.6 Å². The fraction of sp³-hybridized carbons (Fsp3) is 0.400. The van der Waals surface area contributed by atoms with Gasteiger partial charge in [-0.15, -0.1) is 0 Å². The molecule has 0 fully saturated rings. The van der Waals surface area contributed by atoms with E-state index in [9.17, 15) is 9.59 Å². The van der Waals surface area contributed by atoms with Crippen LogP contribution in [0.2, 0.25) is 5.02 Å². The smallest absolute Gasteiger partial charge is 0.252 e. The molecule has 2 N–H and O–H groups in total. The standard InChI is InChI=1S/C20H26ClN3O2S/c1-3-24(4-2)18(16-7-5-6-8-17(16)21)13-23-19(25)9-11-22-20(26)15-10-12-27-14-15/h5-8,10,12,14,18H,3-4,9,11,13H2,1-2H3,(H,22,26)(H,23,25). The van der Waals surface area contributed by atoms with E-state index in [0.717, 1.165) is 18.7 Å². The molecule has 0 aliphatic rings. The van der Waals surface area contributed by atoms with E-state index in [4.69, 9.17) is 11.6 Å². The molecule has 2 aromatic rings. The summed E-state index contributed by atoms with van der Waals surface area (Å²) < 4.78 is 0. The van der Waals surface area contributed by atoms with Gasteiger partial charge in [0.2, 0.25) is 5.91 Å². The van der Waals surface area contributed by atoms with Crippen LogP contribution < -0.4 is 10.6 Å². The second-order valence-corrected chi connectivity index (χ2v) is 7.27. The number of carbonyl (C=O) groups excluding carboxylic acids is 2. The molecule has 2 rings (SSSR count). The first-order chi connectivity index (χ1) is 13.1. The van der Waals surface area contributed by atoms with Crippen LogP contribution in [0.1, 0.15) is 42.2 Å². The quantitative estimate of drug-likeness (QED) is 0.631. The Balaban J connectivity index is 1.87. The molecule has 1 heterocycles. The van der Waals surface area contributed by atoms with Crippen molar-refractivity contribution in [2.24, 2.45) is 0 Å². The number of likely N-dealkylation sites (N-methyl/N-ethyl adjacent to an activating group) is 1. The van der Waals surface area contributed by atoms with Crippen LogP contribution in [0.15, 0.2) is 41.1 Å². The number of nitrogens with zero attached hydrogens (tertiary/aromatic N) is 1. The Labute approximate surface area is 169 Å². The summed E-state index contributed by atoms with van der Waals surface area (Å²) in [4.78, 5) is 26.4. The van der Waals surface area contributed by atoms with Crippen LogP contribution in [-0.2, 0) is 4.79 Å². The molecule has 0 saturated heterocycles. The molecule has 1 aromatic carbocycles. The number of hydrogen-bond donors (Lipinski definition) is 2. The summed E-state index contributed by atoms with van der Waals surface area (Å²) in [7, 11) is 0. The highest BCUT2D eigenvalue weighted by Gasteiger charge is 2.21. The number of benzene rings is 1. The summed E-state index contributed by atoms with van der Waals surface area (Å²) in [6.45, 7) is 6.69. The van der Waals surface area contributed by atoms with Gasteiger partial charge in [-0.2, -0.15) is 11.3 Å². The maximum atomic E-state index is 12.2. The van der Waals surface area contributed by atoms with Crippen molar-refractivity contribution in [3.63, 3.8) is 0 Å². The molecule has 0 bridgehead atoms. The predicted octanol–water partition coefficient (Wildman–Crippen LogP) is 3.72. The Morgan fingerprint density at radius 3 is 2.52 bits per heavy atom. The lowest BCUT2D eigenvalue weighted by Crippen LogP contribution is -2.39. The third-order valence-corrected chi connectivity index (χ3v) is 5.46. The van der Waals surface area contributed by atoms with Crippen molar-refractivity contribution in [3.05, 3.63) is 57.2 Å². The number of thiophene rings is 1. The van der Waals surface area contributed by atoms with Crippen molar-refractivity contribution in [3.8, 4) is 0 Å². The lowest BCUT2D eigenvalue weighted by Gasteiger charge is -2.31. The average molecular weight is 408 g/mol. The van der Waals surface area contributed by atoms with E-state index in [2.05, 4.69) is 29.4 Å². The molecule has 7 heteroatoms. The fourth-order valence-electron chi connectivity index (χ4n) is 2.93. The first-order valence-electron chi connectivity index (χ1n) is 9.12. The minimum absolute atomic E-state index is 0.0121. The minimum atomic E-state index is -0.152. The van der Waals surface area contributed by atoms with Gasteiger partial charge in [0.1, 0.15) is 0 Å². The van der Waals surface area contributed by atoms with Gasteiger partial charge in [-0.1, -0.05) is 43.6 Å². The van der Waals surface area contributed by atoms with Crippen LogP contribution in [0.5, 0.6) is 0 Å². The monoisotopic (exact) mass is 407 g/mol. The van der Waals surface area contributed by atoms with E-state index in [-0.39, 0.29) is 24.3 Å². The topological polar surface area (TPSA) is 61.4 Å². The molecule has 146 valence electrons. The van der Waals surface area contributed by atoms with Gasteiger partial charge in [-0.3, -0.25) is 14.5 Å². The number of halogens is 1. The molecule has 1 aromatic heterocycles. The fourth-order valence-corrected chi connectivity index (χ4v) is 3.83. The van der Waals surface area contributed by atoms with Gasteiger partial charge in [0.15, 0.2) is 0 Å². The maximum Gasteiger partial charge on any atom is 0.252 e. The minimum Gasteiger partial charge on any atom is -0.354 e. The molecular weight excluding hydrogens is 382 g/mol. The van der Waals surface area contributed by atoms with Crippen LogP contribution >= 0.6 is 22.9 Å². The Bertz CT molecular complexity index is 733. The second-order valence-electron chi connectivity index (χ2n) is 6.08. The molecule has 1 atom stereocenters. The highest BCUT2D eigenvalue weighted by molar-refractivity contribution is 7.08. The van der Waals surface area contributed by atoms with Crippen molar-refractivity contribution in [1.82, 2.24) is 15.5 Å². The number of nitrogens with one attached hydrogen (secondary N) is 2. The van der Waals surface area contributed by atoms with Gasteiger partial charge in [-0.05, 0) is 36.2 Å². The lowest BCUT2D eigenvalue weighted by atomic mass is 10.0. The van der Waals surface area contributed by atoms with E-state index in [0.29, 0.717) is 23.7 Å². The van der Waals surface area contributed by atoms with E-state index < -0.39 is 0 Å². The van der Waals surface area contributed by atoms with Crippen molar-refractivity contribution >= 4 is 34.8 Å². The molecule has 0 saturated carbocycles. The Morgan fingerprint density at radius 2 is 1.89 bits per heavy atom. The summed E-state index contributed by atoms with van der Waals surface area (Å²) in [5.74, 6) is -0.244. The molecule has 0 aliphatic carbocycles. The van der Waals surface area contributed by atoms with Crippen LogP contribution in [0.3, 0.4) is 0 Å². The Morgan fingerprint density at radius 1 is 1.15 bits per heavy atom. The number of hydrogen-bond acceptors (Lipinski definition) is 4. The van der Waals surface area contributed by atoms with Crippen molar-refractivity contribution < 1.29 is 9.59 Å². The third-order valence-electron chi connectivity index (χ3n) is 4.43. The predicted molar refractivity (Wildman–Crippen MR) is 111 cm³/mol. The van der Waals surface area contributed by atoms with Gasteiger partial charge in [0, 0.05) is 35.5 Å². The molecule has 1 unspecified atom stereocenters. The third kappa shape index (κ3) is 6.34. The van der Waals surface area contributed by atoms with Crippen LogP contribution in [0.4, 0.5) is 0 Å². The number of amides is 2. The van der Waals surface area contributed by atoms with Crippen molar-refractivity contribution in [2.75, 3.05) is 26.2 Å². The lowest BCUT2D eigenvalue weighted by molar-refractivity contribution is -0.121. The van der Waals surface area contributed by atoms with Crippen molar-refractivity contribution in [2.45, 2.75) is 26.3 Å². The van der Waals surface area contributed by atoms with Gasteiger partial charge in [-0.25, -0.2) is 0 Å². The summed E-state index contributed by atoms with van der Waals surface area (Å²) in [6, 6.07) is 9.50. The molecule has 0 aliphatic heterocycles. The van der Waals surface area contributed by atoms with E-state index in [1.165, 1.54) is 11.3 Å². The highest BCUT2D eigenvalue weighted by atomic mass is 35.5. The zero-order valence-corrected chi connectivity index (χ0v) is 17.3. The molecule has 0 radical (unpaired) electrons. The van der Waals surface area contributed by atoms with Gasteiger partial charge >= 0.3 is 0 Å². The van der Waals surface area contributed by atoms with Crippen LogP contribution in [0, 0.1) is 0 Å². The first-order valence-corrected chi connectivity index (χ1v) is 10.4. The van der Waals surface area contributed by atoms with Crippen molar-refractivity contribution in [1.29, 1.82) is 0 Å². The normalized spacial score (nSPS) is 12.0. The number of rotatable bonds is 10. The summed E-state index contributed by atoms with van der Waals surface area (Å²) in [6.07, 6.45) is 0.239. The summed E-state index contributed by atoms with van der Waals surface area (Å²) >= 11 is 7.84. The summed E-state index contributed by atoms with van der Waals surface area (Å²) in [5, 5.41) is 10.1. The van der Waals surface area contributed by atoms with Gasteiger partial charge in [0.25, 0.3) is 5.91 Å². The Hall–Kier alpha value is -1.89. The van der Waals surface area contributed by atoms with E-state index in [1.54, 1.807) is 11.4 Å². The van der Waals surface area contributed by atoms with Crippen LogP contribution in [0.25, 0.3) is 0 Å². The zero-order chi connectivity index (χ0) is 19.6. The SMILES string of the molecule is CCN(CC)C(CNC(=O)CCNC(=O)c1ccsc1)c1ccccc1Cl. The summed E-state index contributed by atoms with van der Waals surface area (Å²) in [5.41, 5.74) is 1.63. The first kappa shape index (κ1) is 21.4. The van der Waals surface area contributed by atoms with E-state index >= 15 is 0 Å². The van der Waals surface area contributed by atoms with Crippen LogP contribution in [-0.4, -0.2) is 42.9 Å². The molecule has 27 heavy (non-hydrogen) atoms. The molecule has 5 nitrogen and oxygen atoms in total. The largest absolute Gasteiger partial charge is 0.354 e. The van der Waals surface area contributed by atoms with Gasteiger partial charge < -0.3 is 10.6 Å². The zero-order valence-electron chi connectivity index (χ0n) is 15.7.